The van der Waals surface area contributed by atoms with Crippen LogP contribution < -0.4 is 10.2 Å². The number of nitrogens with zero attached hydrogens (tertiary/aromatic N) is 5. The molecule has 0 spiro atoms. The zero-order valence-electron chi connectivity index (χ0n) is 18.5. The monoisotopic (exact) mass is 445 g/mol. The van der Waals surface area contributed by atoms with Gasteiger partial charge in [0.25, 0.3) is 5.92 Å². The summed E-state index contributed by atoms with van der Waals surface area (Å²) >= 11 is 0. The third-order valence-corrected chi connectivity index (χ3v) is 6.66. The minimum Gasteiger partial charge on any atom is -0.335 e. The number of aromatic nitrogens is 4. The van der Waals surface area contributed by atoms with Crippen LogP contribution in [0.25, 0.3) is 0 Å². The Balaban J connectivity index is 1.41. The Labute approximate surface area is 185 Å². The fraction of sp³-hybridized carbons (Fsp3) is 0.636. The van der Waals surface area contributed by atoms with Crippen molar-refractivity contribution < 1.29 is 13.6 Å². The fourth-order valence-corrected chi connectivity index (χ4v) is 4.87. The average molecular weight is 446 g/mol. The Morgan fingerprint density at radius 1 is 1.25 bits per heavy atom. The summed E-state index contributed by atoms with van der Waals surface area (Å²) in [6.45, 7) is 4.44. The van der Waals surface area contributed by atoms with Crippen LogP contribution in [0.2, 0.25) is 0 Å². The van der Waals surface area contributed by atoms with Gasteiger partial charge in [-0.25, -0.2) is 13.8 Å². The van der Waals surface area contributed by atoms with Gasteiger partial charge in [0.05, 0.1) is 12.2 Å². The largest absolute Gasteiger partial charge is 0.335 e. The van der Waals surface area contributed by atoms with E-state index in [1.807, 2.05) is 11.0 Å². The second-order valence-electron chi connectivity index (χ2n) is 9.36. The van der Waals surface area contributed by atoms with Gasteiger partial charge < -0.3 is 15.1 Å². The van der Waals surface area contributed by atoms with Crippen LogP contribution in [0, 0.1) is 0 Å². The molecule has 32 heavy (non-hydrogen) atoms. The van der Waals surface area contributed by atoms with Crippen LogP contribution in [0.5, 0.6) is 0 Å². The number of carbonyl (C=O) groups is 1. The van der Waals surface area contributed by atoms with Gasteiger partial charge in [0.15, 0.2) is 5.82 Å². The van der Waals surface area contributed by atoms with E-state index in [0.717, 1.165) is 48.5 Å². The number of halogens is 2. The fourth-order valence-electron chi connectivity index (χ4n) is 4.87. The van der Waals surface area contributed by atoms with Gasteiger partial charge in [-0.2, -0.15) is 10.1 Å². The maximum Gasteiger partial charge on any atom is 0.267 e. The highest BCUT2D eigenvalue weighted by Crippen LogP contribution is 2.34. The number of rotatable bonds is 5. The van der Waals surface area contributed by atoms with Gasteiger partial charge in [0, 0.05) is 36.8 Å². The highest BCUT2D eigenvalue weighted by molar-refractivity contribution is 5.86. The van der Waals surface area contributed by atoms with Gasteiger partial charge >= 0.3 is 0 Å². The second kappa shape index (κ2) is 7.97. The molecule has 0 aromatic carbocycles. The van der Waals surface area contributed by atoms with Gasteiger partial charge in [-0.1, -0.05) is 13.8 Å². The molecule has 0 unspecified atom stereocenters. The molecule has 2 aromatic heterocycles. The van der Waals surface area contributed by atoms with Crippen LogP contribution in [-0.2, 0) is 17.6 Å². The molecule has 0 saturated carbocycles. The number of aromatic amines is 1. The zero-order valence-corrected chi connectivity index (χ0v) is 18.5. The molecule has 2 aliphatic heterocycles. The standard InChI is InChI=1S/C22H29F2N7O/c1-13(2)16-11-18(29-28-16)26-19-14-5-3-6-15(14)25-21(27-19)31-9-4-7-17(31)20(32)30-10-8-22(23,24)12-30/h11,13,17H,3-10,12H2,1-2H3,(H2,25,26,27,28,29)/t17-/m0/s1. The van der Waals surface area contributed by atoms with E-state index in [2.05, 4.69) is 29.4 Å². The van der Waals surface area contributed by atoms with Crippen LogP contribution in [0.1, 0.15) is 62.4 Å². The van der Waals surface area contributed by atoms with Gasteiger partial charge in [-0.05, 0) is 38.0 Å². The number of hydrogen-bond donors (Lipinski definition) is 2. The number of amides is 1. The minimum atomic E-state index is -2.79. The Hall–Kier alpha value is -2.78. The molecule has 2 fully saturated rings. The Bertz CT molecular complexity index is 1020. The Kier molecular flexibility index (Phi) is 5.25. The highest BCUT2D eigenvalue weighted by atomic mass is 19.3. The summed E-state index contributed by atoms with van der Waals surface area (Å²) in [4.78, 5) is 25.8. The summed E-state index contributed by atoms with van der Waals surface area (Å²) < 4.78 is 27.3. The van der Waals surface area contributed by atoms with E-state index in [4.69, 9.17) is 9.97 Å². The SMILES string of the molecule is CC(C)c1cc(Nc2nc(N3CCC[C@H]3C(=O)N3CCC(F)(F)C3)nc3c2CCC3)n[nH]1. The number of H-pyrrole nitrogens is 1. The summed E-state index contributed by atoms with van der Waals surface area (Å²) in [5.74, 6) is -0.796. The van der Waals surface area contributed by atoms with Crippen molar-refractivity contribution in [2.45, 2.75) is 70.3 Å². The Morgan fingerprint density at radius 2 is 2.09 bits per heavy atom. The van der Waals surface area contributed by atoms with E-state index < -0.39 is 18.5 Å². The van der Waals surface area contributed by atoms with Crippen molar-refractivity contribution in [3.8, 4) is 0 Å². The number of carbonyl (C=O) groups excluding carboxylic acids is 1. The zero-order chi connectivity index (χ0) is 22.5. The molecular weight excluding hydrogens is 416 g/mol. The lowest BCUT2D eigenvalue weighted by atomic mass is 10.1. The summed E-state index contributed by atoms with van der Waals surface area (Å²) in [5.41, 5.74) is 3.11. The van der Waals surface area contributed by atoms with E-state index in [0.29, 0.717) is 30.6 Å². The molecule has 1 aliphatic carbocycles. The van der Waals surface area contributed by atoms with Crippen molar-refractivity contribution in [2.75, 3.05) is 29.9 Å². The molecular formula is C22H29F2N7O. The number of anilines is 3. The normalized spacial score (nSPS) is 22.1. The van der Waals surface area contributed by atoms with E-state index in [-0.39, 0.29) is 18.9 Å². The molecule has 10 heteroatoms. The number of aryl methyl sites for hydroxylation is 1. The summed E-state index contributed by atoms with van der Waals surface area (Å²) in [6, 6.07) is 1.48. The van der Waals surface area contributed by atoms with E-state index >= 15 is 0 Å². The Morgan fingerprint density at radius 3 is 2.81 bits per heavy atom. The number of likely N-dealkylation sites (tertiary alicyclic amines) is 1. The number of fused-ring (bicyclic) bond motifs is 1. The van der Waals surface area contributed by atoms with E-state index in [1.165, 1.54) is 4.90 Å². The van der Waals surface area contributed by atoms with Crippen LogP contribution in [0.15, 0.2) is 6.07 Å². The molecule has 3 aliphatic rings. The first-order chi connectivity index (χ1) is 15.3. The molecule has 2 aromatic rings. The minimum absolute atomic E-state index is 0.103. The number of nitrogens with one attached hydrogen (secondary N) is 2. The second-order valence-corrected chi connectivity index (χ2v) is 9.36. The van der Waals surface area contributed by atoms with Gasteiger partial charge in [-0.15, -0.1) is 0 Å². The van der Waals surface area contributed by atoms with Crippen molar-refractivity contribution in [3.05, 3.63) is 23.0 Å². The van der Waals surface area contributed by atoms with Gasteiger partial charge in [0.1, 0.15) is 11.9 Å². The lowest BCUT2D eigenvalue weighted by Crippen LogP contribution is -2.46. The van der Waals surface area contributed by atoms with Crippen molar-refractivity contribution in [2.24, 2.45) is 0 Å². The molecule has 1 atom stereocenters. The quantitative estimate of drug-likeness (QED) is 0.733. The molecule has 5 rings (SSSR count). The van der Waals surface area contributed by atoms with Crippen LogP contribution in [-0.4, -0.2) is 62.6 Å². The number of alkyl halides is 2. The maximum atomic E-state index is 13.7. The molecule has 2 saturated heterocycles. The summed E-state index contributed by atoms with van der Waals surface area (Å²) in [6.07, 6.45) is 3.93. The first-order valence-corrected chi connectivity index (χ1v) is 11.5. The van der Waals surface area contributed by atoms with Gasteiger partial charge in [0.2, 0.25) is 11.9 Å². The van der Waals surface area contributed by atoms with Crippen LogP contribution >= 0.6 is 0 Å². The first-order valence-electron chi connectivity index (χ1n) is 11.5. The topological polar surface area (TPSA) is 90.0 Å². The first kappa shape index (κ1) is 21.1. The molecule has 172 valence electrons. The van der Waals surface area contributed by atoms with E-state index in [9.17, 15) is 13.6 Å². The maximum absolute atomic E-state index is 13.7. The molecule has 0 bridgehead atoms. The van der Waals surface area contributed by atoms with Crippen LogP contribution in [0.4, 0.5) is 26.4 Å². The lowest BCUT2D eigenvalue weighted by Gasteiger charge is -2.28. The molecule has 2 N–H and O–H groups in total. The average Bonchev–Trinajstić information content (AvgIpc) is 3.53. The third-order valence-electron chi connectivity index (χ3n) is 6.66. The predicted molar refractivity (Wildman–Crippen MR) is 117 cm³/mol. The summed E-state index contributed by atoms with van der Waals surface area (Å²) in [5, 5.41) is 10.7. The summed E-state index contributed by atoms with van der Waals surface area (Å²) in [7, 11) is 0. The number of hydrogen-bond acceptors (Lipinski definition) is 6. The predicted octanol–water partition coefficient (Wildman–Crippen LogP) is 3.39. The van der Waals surface area contributed by atoms with Crippen molar-refractivity contribution >= 4 is 23.5 Å². The molecule has 8 nitrogen and oxygen atoms in total. The van der Waals surface area contributed by atoms with Gasteiger partial charge in [-0.3, -0.25) is 9.89 Å². The van der Waals surface area contributed by atoms with E-state index in [1.54, 1.807) is 0 Å². The molecule has 1 amide bonds. The van der Waals surface area contributed by atoms with Crippen LogP contribution in [0.3, 0.4) is 0 Å². The van der Waals surface area contributed by atoms with Crippen molar-refractivity contribution in [1.82, 2.24) is 25.1 Å². The smallest absolute Gasteiger partial charge is 0.267 e. The molecule has 4 heterocycles. The van der Waals surface area contributed by atoms with Crippen molar-refractivity contribution in [3.63, 3.8) is 0 Å². The lowest BCUT2D eigenvalue weighted by molar-refractivity contribution is -0.132. The van der Waals surface area contributed by atoms with Crippen molar-refractivity contribution in [1.29, 1.82) is 0 Å². The third kappa shape index (κ3) is 3.91. The molecule has 0 radical (unpaired) electrons. The highest BCUT2D eigenvalue weighted by Gasteiger charge is 2.44.